The summed E-state index contributed by atoms with van der Waals surface area (Å²) in [7, 11) is -3.99. The quantitative estimate of drug-likeness (QED) is 0.208. The van der Waals surface area contributed by atoms with E-state index in [0.29, 0.717) is 65.9 Å². The van der Waals surface area contributed by atoms with Gasteiger partial charge in [0.25, 0.3) is 0 Å². The first kappa shape index (κ1) is 28.7. The first-order valence-electron chi connectivity index (χ1n) is 13.6. The fraction of sp³-hybridized carbons (Fsp3) is 0.345. The largest absolute Gasteiger partial charge is 0.476 e. The van der Waals surface area contributed by atoms with Gasteiger partial charge in [-0.05, 0) is 83.5 Å². The summed E-state index contributed by atoms with van der Waals surface area (Å²) in [6.45, 7) is 1.11. The number of ether oxygens (including phenoxy) is 1. The van der Waals surface area contributed by atoms with Crippen molar-refractivity contribution >= 4 is 27.7 Å². The lowest BCUT2D eigenvalue weighted by Crippen LogP contribution is -2.22. The molecule has 9 nitrogen and oxygen atoms in total. The topological polar surface area (TPSA) is 141 Å². The van der Waals surface area contributed by atoms with Gasteiger partial charge in [0.1, 0.15) is 5.82 Å². The van der Waals surface area contributed by atoms with Crippen molar-refractivity contribution in [3.8, 4) is 16.4 Å². The monoisotopic (exact) mass is 615 g/mol. The summed E-state index contributed by atoms with van der Waals surface area (Å²) in [4.78, 5) is 15.4. The van der Waals surface area contributed by atoms with Crippen molar-refractivity contribution < 1.29 is 32.2 Å². The maximum Gasteiger partial charge on any atom is 0.355 e. The van der Waals surface area contributed by atoms with E-state index in [1.165, 1.54) is 23.6 Å². The van der Waals surface area contributed by atoms with Crippen LogP contribution in [0.15, 0.2) is 46.7 Å². The molecule has 2 aromatic heterocycles. The van der Waals surface area contributed by atoms with Crippen LogP contribution < -0.4 is 5.14 Å². The van der Waals surface area contributed by atoms with Crippen LogP contribution >= 0.6 is 11.3 Å². The molecule has 2 fully saturated rings. The van der Waals surface area contributed by atoms with Gasteiger partial charge in [-0.25, -0.2) is 23.2 Å². The summed E-state index contributed by atoms with van der Waals surface area (Å²) in [5, 5.41) is 21.5. The summed E-state index contributed by atoms with van der Waals surface area (Å²) >= 11 is 1.15. The molecule has 0 radical (unpaired) electrons. The predicted octanol–water partition coefficient (Wildman–Crippen LogP) is 5.61. The maximum absolute atomic E-state index is 15.1. The number of carboxylic acid groups (broad SMARTS) is 1. The molecular weight excluding hydrogens is 586 g/mol. The molecule has 0 amide bonds. The SMILES string of the molecule is N[S+](=O)(O)c1ccc(Cc2c(-c3ccc(F)c(C4CCOCC4)c3)nn(-c3nc(C(=O)O)cs3)c2CC2CC2)cc1F. The molecule has 0 spiro atoms. The van der Waals surface area contributed by atoms with E-state index >= 15 is 4.39 Å². The highest BCUT2D eigenvalue weighted by atomic mass is 32.3. The highest BCUT2D eigenvalue weighted by molar-refractivity contribution is 7.95. The van der Waals surface area contributed by atoms with Crippen molar-refractivity contribution in [2.45, 2.75) is 49.3 Å². The van der Waals surface area contributed by atoms with Crippen LogP contribution in [0.2, 0.25) is 0 Å². The van der Waals surface area contributed by atoms with Gasteiger partial charge >= 0.3 is 16.4 Å². The van der Waals surface area contributed by atoms with E-state index in [2.05, 4.69) is 4.98 Å². The van der Waals surface area contributed by atoms with Gasteiger partial charge in [-0.3, -0.25) is 0 Å². The Kier molecular flexibility index (Phi) is 7.79. The van der Waals surface area contributed by atoms with E-state index in [1.807, 2.05) is 6.07 Å². The van der Waals surface area contributed by atoms with Crippen LogP contribution in [0, 0.1) is 17.6 Å². The molecular formula is C29H29F2N4O5S2+. The number of hydrogen-bond acceptors (Lipinski definition) is 6. The van der Waals surface area contributed by atoms with Crippen LogP contribution in [0.25, 0.3) is 16.4 Å². The Bertz CT molecular complexity index is 1710. The van der Waals surface area contributed by atoms with Gasteiger partial charge < -0.3 is 9.84 Å². The molecule has 13 heteroatoms. The Morgan fingerprint density at radius 3 is 2.52 bits per heavy atom. The molecule has 1 saturated carbocycles. The van der Waals surface area contributed by atoms with Crippen molar-refractivity contribution in [3.63, 3.8) is 0 Å². The number of benzene rings is 2. The van der Waals surface area contributed by atoms with Crippen molar-refractivity contribution in [3.05, 3.63) is 81.5 Å². The smallest absolute Gasteiger partial charge is 0.355 e. The van der Waals surface area contributed by atoms with Crippen LogP contribution in [-0.2, 0) is 32.2 Å². The number of thiazole rings is 1. The van der Waals surface area contributed by atoms with E-state index in [9.17, 15) is 23.1 Å². The number of nitrogens with zero attached hydrogens (tertiary/aromatic N) is 3. The van der Waals surface area contributed by atoms with E-state index < -0.39 is 27.1 Å². The van der Waals surface area contributed by atoms with Crippen molar-refractivity contribution in [1.29, 1.82) is 0 Å². The average molecular weight is 616 g/mol. The van der Waals surface area contributed by atoms with Crippen LogP contribution in [0.3, 0.4) is 0 Å². The molecule has 1 unspecified atom stereocenters. The lowest BCUT2D eigenvalue weighted by atomic mass is 9.89. The Morgan fingerprint density at radius 1 is 1.12 bits per heavy atom. The molecule has 4 aromatic rings. The second-order valence-electron chi connectivity index (χ2n) is 10.8. The summed E-state index contributed by atoms with van der Waals surface area (Å²) in [5.74, 6) is -1.94. The van der Waals surface area contributed by atoms with Crippen LogP contribution in [0.1, 0.15) is 64.5 Å². The van der Waals surface area contributed by atoms with Gasteiger partial charge in [-0.15, -0.1) is 16.5 Å². The molecule has 220 valence electrons. The van der Waals surface area contributed by atoms with Gasteiger partial charge in [0, 0.05) is 42.2 Å². The first-order valence-corrected chi connectivity index (χ1v) is 16.0. The first-order chi connectivity index (χ1) is 20.1. The summed E-state index contributed by atoms with van der Waals surface area (Å²) in [6, 6.07) is 8.85. The second kappa shape index (κ2) is 11.4. The molecule has 2 aromatic carbocycles. The van der Waals surface area contributed by atoms with Crippen LogP contribution in [0.5, 0.6) is 0 Å². The molecule has 6 rings (SSSR count). The van der Waals surface area contributed by atoms with Crippen molar-refractivity contribution in [1.82, 2.24) is 14.8 Å². The summed E-state index contributed by atoms with van der Waals surface area (Å²) in [6.07, 6.45) is 4.33. The zero-order valence-corrected chi connectivity index (χ0v) is 24.1. The number of halogens is 2. The van der Waals surface area contributed by atoms with Crippen molar-refractivity contribution in [2.75, 3.05) is 13.2 Å². The van der Waals surface area contributed by atoms with Crippen molar-refractivity contribution in [2.24, 2.45) is 11.1 Å². The summed E-state index contributed by atoms with van der Waals surface area (Å²) < 4.78 is 58.7. The molecule has 1 aliphatic carbocycles. The van der Waals surface area contributed by atoms with Gasteiger partial charge in [0.15, 0.2) is 11.5 Å². The van der Waals surface area contributed by atoms with E-state index in [-0.39, 0.29) is 23.8 Å². The Labute approximate surface area is 245 Å². The van der Waals surface area contributed by atoms with Gasteiger partial charge in [-0.2, -0.15) is 9.65 Å². The number of hydrogen-bond donors (Lipinski definition) is 3. The van der Waals surface area contributed by atoms with Crippen LogP contribution in [0.4, 0.5) is 8.78 Å². The fourth-order valence-electron chi connectivity index (χ4n) is 5.43. The standard InChI is InChI=1S/C29H28F2N4O5S2/c30-22-5-4-19(14-20(22)18-7-9-40-10-8-18)27-21(11-17-3-6-26(23(31)12-17)42(32,38)39)25(13-16-1-2-16)35(34-27)29-33-24(15-41-29)28(36)37/h3-6,12,14-16,18H,1-2,7-11,13H2,(H3-,32,36,37,38,39)/p+1. The average Bonchev–Trinajstić information content (AvgIpc) is 3.51. The third-order valence-corrected chi connectivity index (χ3v) is 9.56. The minimum absolute atomic E-state index is 0.00139. The minimum atomic E-state index is -3.99. The molecule has 42 heavy (non-hydrogen) atoms. The Hall–Kier alpha value is -3.36. The molecule has 2 aliphatic rings. The highest BCUT2D eigenvalue weighted by Gasteiger charge is 2.31. The van der Waals surface area contributed by atoms with Gasteiger partial charge in [0.2, 0.25) is 10.0 Å². The lowest BCUT2D eigenvalue weighted by Gasteiger charge is -2.23. The second-order valence-corrected chi connectivity index (χ2v) is 13.2. The number of aromatic carboxylic acids is 1. The Morgan fingerprint density at radius 2 is 1.88 bits per heavy atom. The van der Waals surface area contributed by atoms with Gasteiger partial charge in [0.05, 0.1) is 11.4 Å². The third kappa shape index (κ3) is 5.92. The fourth-order valence-corrected chi connectivity index (χ4v) is 6.81. The summed E-state index contributed by atoms with van der Waals surface area (Å²) in [5.41, 5.74) is 3.82. The van der Waals surface area contributed by atoms with Crippen LogP contribution in [-0.4, -0.2) is 43.6 Å². The van der Waals surface area contributed by atoms with Gasteiger partial charge in [-0.1, -0.05) is 6.07 Å². The number of nitrogens with two attached hydrogens (primary N) is 1. The van der Waals surface area contributed by atoms with E-state index in [0.717, 1.165) is 35.4 Å². The zero-order chi connectivity index (χ0) is 29.6. The number of rotatable bonds is 9. The number of carboxylic acids is 1. The maximum atomic E-state index is 15.1. The minimum Gasteiger partial charge on any atom is -0.476 e. The highest BCUT2D eigenvalue weighted by Crippen LogP contribution is 2.39. The van der Waals surface area contributed by atoms with E-state index in [4.69, 9.17) is 15.0 Å². The molecule has 3 heterocycles. The van der Waals surface area contributed by atoms with E-state index in [1.54, 1.807) is 16.8 Å². The molecule has 4 N–H and O–H groups in total. The number of carbonyl (C=O) groups is 1. The molecule has 1 saturated heterocycles. The molecule has 1 atom stereocenters. The Balaban J connectivity index is 1.51. The molecule has 0 bridgehead atoms. The normalized spacial score (nSPS) is 17.3. The zero-order valence-electron chi connectivity index (χ0n) is 22.5. The third-order valence-electron chi connectivity index (χ3n) is 7.78. The lowest BCUT2D eigenvalue weighted by molar-refractivity contribution is 0.0691. The predicted molar refractivity (Wildman–Crippen MR) is 153 cm³/mol. The number of aromatic nitrogens is 3. The molecule has 1 aliphatic heterocycles.